The van der Waals surface area contributed by atoms with Crippen molar-refractivity contribution in [2.75, 3.05) is 0 Å². The predicted octanol–water partition coefficient (Wildman–Crippen LogP) is 2.53. The van der Waals surface area contributed by atoms with E-state index in [1.807, 2.05) is 25.3 Å². The number of nitrogens with zero attached hydrogens (tertiary/aromatic N) is 1. The first kappa shape index (κ1) is 13.3. The van der Waals surface area contributed by atoms with E-state index < -0.39 is 5.97 Å². The fraction of sp³-hybridized carbons (Fsp3) is 0.286. The maximum absolute atomic E-state index is 10.8. The van der Waals surface area contributed by atoms with Crippen molar-refractivity contribution in [3.8, 4) is 0 Å². The molecule has 0 aliphatic heterocycles. The number of carbonyl (C=O) groups is 1. The predicted molar refractivity (Wildman–Crippen MR) is 69.9 cm³/mol. The number of pyridine rings is 1. The van der Waals surface area contributed by atoms with Gasteiger partial charge in [-0.05, 0) is 31.5 Å². The van der Waals surface area contributed by atoms with Crippen LogP contribution in [0.1, 0.15) is 40.4 Å². The molecule has 0 spiro atoms. The zero-order chi connectivity index (χ0) is 13.8. The zero-order valence-corrected chi connectivity index (χ0v) is 10.9. The summed E-state index contributed by atoms with van der Waals surface area (Å²) >= 11 is 0. The number of carboxylic acids is 1. The molecule has 1 atom stereocenters. The molecule has 0 aliphatic carbocycles. The summed E-state index contributed by atoms with van der Waals surface area (Å²) in [6.07, 6.45) is 3.54. The molecule has 2 rings (SSSR count). The summed E-state index contributed by atoms with van der Waals surface area (Å²) in [7, 11) is 0. The lowest BCUT2D eigenvalue weighted by atomic mass is 10.1. The summed E-state index contributed by atoms with van der Waals surface area (Å²) in [5.41, 5.74) is 1.94. The molecule has 0 amide bonds. The number of hydrogen-bond donors (Lipinski definition) is 2. The van der Waals surface area contributed by atoms with Crippen LogP contribution in [-0.2, 0) is 6.54 Å². The Bertz CT molecular complexity index is 563. The van der Waals surface area contributed by atoms with Crippen molar-refractivity contribution in [3.05, 3.63) is 53.2 Å². The molecule has 0 saturated carbocycles. The van der Waals surface area contributed by atoms with Crippen molar-refractivity contribution in [2.45, 2.75) is 26.4 Å². The molecule has 0 unspecified atom stereocenters. The number of carboxylic acid groups (broad SMARTS) is 1. The number of furan rings is 1. The molecule has 0 bridgehead atoms. The van der Waals surface area contributed by atoms with E-state index in [0.717, 1.165) is 11.1 Å². The van der Waals surface area contributed by atoms with Gasteiger partial charge in [-0.3, -0.25) is 4.98 Å². The van der Waals surface area contributed by atoms with E-state index >= 15 is 0 Å². The minimum Gasteiger partial charge on any atom is -0.475 e. The number of aryl methyl sites for hydroxylation is 1. The molecule has 100 valence electrons. The normalized spacial score (nSPS) is 12.3. The molecule has 2 aromatic rings. The SMILES string of the molecule is Cc1oc(C(=O)O)cc1CN[C@@H](C)c1cccnc1. The summed E-state index contributed by atoms with van der Waals surface area (Å²) in [6.45, 7) is 4.35. The maximum Gasteiger partial charge on any atom is 0.371 e. The monoisotopic (exact) mass is 260 g/mol. The van der Waals surface area contributed by atoms with Crippen LogP contribution in [0.3, 0.4) is 0 Å². The fourth-order valence-corrected chi connectivity index (χ4v) is 1.81. The van der Waals surface area contributed by atoms with Gasteiger partial charge in [0.2, 0.25) is 5.76 Å². The molecule has 0 fully saturated rings. The van der Waals surface area contributed by atoms with Crippen molar-refractivity contribution in [1.29, 1.82) is 0 Å². The van der Waals surface area contributed by atoms with E-state index in [1.165, 1.54) is 0 Å². The third kappa shape index (κ3) is 3.20. The summed E-state index contributed by atoms with van der Waals surface area (Å²) in [5.74, 6) is -0.443. The lowest BCUT2D eigenvalue weighted by molar-refractivity contribution is 0.0661. The average Bonchev–Trinajstić information content (AvgIpc) is 2.79. The molecule has 19 heavy (non-hydrogen) atoms. The molecule has 0 aliphatic rings. The Morgan fingerprint density at radius 1 is 1.58 bits per heavy atom. The summed E-state index contributed by atoms with van der Waals surface area (Å²) in [4.78, 5) is 14.9. The minimum atomic E-state index is -1.05. The van der Waals surface area contributed by atoms with Gasteiger partial charge in [-0.1, -0.05) is 6.07 Å². The van der Waals surface area contributed by atoms with Crippen LogP contribution in [0.15, 0.2) is 35.0 Å². The summed E-state index contributed by atoms with van der Waals surface area (Å²) < 4.78 is 5.16. The van der Waals surface area contributed by atoms with Gasteiger partial charge in [0.25, 0.3) is 0 Å². The Hall–Kier alpha value is -2.14. The number of hydrogen-bond acceptors (Lipinski definition) is 4. The molecule has 2 aromatic heterocycles. The van der Waals surface area contributed by atoms with Gasteiger partial charge in [0.1, 0.15) is 5.76 Å². The van der Waals surface area contributed by atoms with Crippen molar-refractivity contribution in [2.24, 2.45) is 0 Å². The van der Waals surface area contributed by atoms with E-state index in [2.05, 4.69) is 10.3 Å². The highest BCUT2D eigenvalue weighted by atomic mass is 16.4. The molecule has 0 saturated heterocycles. The molecule has 2 N–H and O–H groups in total. The number of rotatable bonds is 5. The van der Waals surface area contributed by atoms with Crippen LogP contribution in [0.4, 0.5) is 0 Å². The van der Waals surface area contributed by atoms with Gasteiger partial charge in [0, 0.05) is 30.5 Å². The molecule has 5 nitrogen and oxygen atoms in total. The smallest absolute Gasteiger partial charge is 0.371 e. The second-order valence-corrected chi connectivity index (χ2v) is 4.39. The lowest BCUT2D eigenvalue weighted by Gasteiger charge is -2.13. The van der Waals surface area contributed by atoms with E-state index in [-0.39, 0.29) is 11.8 Å². The highest BCUT2D eigenvalue weighted by molar-refractivity contribution is 5.84. The third-order valence-corrected chi connectivity index (χ3v) is 3.01. The van der Waals surface area contributed by atoms with E-state index in [4.69, 9.17) is 9.52 Å². The molecule has 5 heteroatoms. The Labute approximate surface area is 111 Å². The van der Waals surface area contributed by atoms with Gasteiger partial charge in [-0.2, -0.15) is 0 Å². The number of nitrogens with one attached hydrogen (secondary N) is 1. The first-order valence-corrected chi connectivity index (χ1v) is 6.04. The van der Waals surface area contributed by atoms with Crippen LogP contribution < -0.4 is 5.32 Å². The standard InChI is InChI=1S/C14H16N2O3/c1-9(11-4-3-5-15-7-11)16-8-12-6-13(14(17)18)19-10(12)2/h3-7,9,16H,8H2,1-2H3,(H,17,18)/t9-/m0/s1. The first-order valence-electron chi connectivity index (χ1n) is 6.04. The van der Waals surface area contributed by atoms with Gasteiger partial charge in [-0.25, -0.2) is 4.79 Å². The van der Waals surface area contributed by atoms with Crippen molar-refractivity contribution < 1.29 is 14.3 Å². The van der Waals surface area contributed by atoms with Crippen LogP contribution in [0.5, 0.6) is 0 Å². The Balaban J connectivity index is 2.01. The largest absolute Gasteiger partial charge is 0.475 e. The zero-order valence-electron chi connectivity index (χ0n) is 10.9. The van der Waals surface area contributed by atoms with Crippen molar-refractivity contribution >= 4 is 5.97 Å². The Morgan fingerprint density at radius 2 is 2.37 bits per heavy atom. The van der Waals surface area contributed by atoms with Crippen LogP contribution in [0.25, 0.3) is 0 Å². The minimum absolute atomic E-state index is 0.0247. The third-order valence-electron chi connectivity index (χ3n) is 3.01. The highest BCUT2D eigenvalue weighted by Crippen LogP contribution is 2.16. The van der Waals surface area contributed by atoms with E-state index in [0.29, 0.717) is 12.3 Å². The van der Waals surface area contributed by atoms with Gasteiger partial charge in [0.05, 0.1) is 0 Å². The molecular weight excluding hydrogens is 244 g/mol. The molecule has 0 aromatic carbocycles. The van der Waals surface area contributed by atoms with Gasteiger partial charge in [-0.15, -0.1) is 0 Å². The second kappa shape index (κ2) is 5.67. The lowest BCUT2D eigenvalue weighted by Crippen LogP contribution is -2.18. The van der Waals surface area contributed by atoms with Gasteiger partial charge >= 0.3 is 5.97 Å². The topological polar surface area (TPSA) is 75.4 Å². The number of aromatic nitrogens is 1. The molecular formula is C14H16N2O3. The van der Waals surface area contributed by atoms with Crippen LogP contribution >= 0.6 is 0 Å². The first-order chi connectivity index (χ1) is 9.08. The maximum atomic E-state index is 10.8. The fourth-order valence-electron chi connectivity index (χ4n) is 1.81. The Morgan fingerprint density at radius 3 is 2.95 bits per heavy atom. The quantitative estimate of drug-likeness (QED) is 0.864. The van der Waals surface area contributed by atoms with Crippen molar-refractivity contribution in [1.82, 2.24) is 10.3 Å². The number of aromatic carboxylic acids is 1. The van der Waals surface area contributed by atoms with E-state index in [9.17, 15) is 4.79 Å². The Kier molecular flexibility index (Phi) is 3.97. The van der Waals surface area contributed by atoms with Crippen LogP contribution in [-0.4, -0.2) is 16.1 Å². The van der Waals surface area contributed by atoms with Crippen LogP contribution in [0.2, 0.25) is 0 Å². The highest BCUT2D eigenvalue weighted by Gasteiger charge is 2.13. The second-order valence-electron chi connectivity index (χ2n) is 4.39. The van der Waals surface area contributed by atoms with Gasteiger partial charge < -0.3 is 14.8 Å². The van der Waals surface area contributed by atoms with Gasteiger partial charge in [0.15, 0.2) is 0 Å². The van der Waals surface area contributed by atoms with Crippen LogP contribution in [0, 0.1) is 6.92 Å². The molecule has 2 heterocycles. The van der Waals surface area contributed by atoms with E-state index in [1.54, 1.807) is 19.2 Å². The molecule has 0 radical (unpaired) electrons. The summed E-state index contributed by atoms with van der Waals surface area (Å²) in [5, 5.41) is 12.2. The van der Waals surface area contributed by atoms with Crippen molar-refractivity contribution in [3.63, 3.8) is 0 Å². The average molecular weight is 260 g/mol. The summed E-state index contributed by atoms with van der Waals surface area (Å²) in [6, 6.07) is 5.58.